The molecule has 2 N–H and O–H groups in total. The molecule has 284 valence electrons. The van der Waals surface area contributed by atoms with Crippen LogP contribution in [0.4, 0.5) is 0 Å². The molecule has 0 aromatic rings. The van der Waals surface area contributed by atoms with Gasteiger partial charge in [0.1, 0.15) is 11.6 Å². The molecule has 2 aliphatic heterocycles. The van der Waals surface area contributed by atoms with Crippen LogP contribution in [0.3, 0.4) is 0 Å². The lowest BCUT2D eigenvalue weighted by Crippen LogP contribution is -2.57. The molecule has 0 radical (unpaired) electrons. The molecule has 8 nitrogen and oxygen atoms in total. The minimum absolute atomic E-state index is 0. The number of carbonyl (C=O) groups is 2. The second-order valence-corrected chi connectivity index (χ2v) is 15.2. The van der Waals surface area contributed by atoms with Gasteiger partial charge in [0, 0.05) is 67.6 Å². The molecule has 0 aromatic heterocycles. The Morgan fingerprint density at radius 3 is 1.17 bits per heavy atom. The molecule has 0 unspecified atom stereocenters. The van der Waals surface area contributed by atoms with Crippen molar-refractivity contribution >= 4 is 11.6 Å². The molecule has 2 saturated heterocycles. The monoisotopic (exact) mass is 685 g/mol. The van der Waals surface area contributed by atoms with Crippen molar-refractivity contribution in [2.75, 3.05) is 39.6 Å². The highest BCUT2D eigenvalue weighted by Gasteiger charge is 2.52. The third kappa shape index (κ3) is 13.3. The molecule has 0 amide bonds. The third-order valence-electron chi connectivity index (χ3n) is 11.8. The molecular formula is C40H76O8. The zero-order valence-electron chi connectivity index (χ0n) is 31.2. The highest BCUT2D eigenvalue weighted by Crippen LogP contribution is 2.49. The van der Waals surface area contributed by atoms with Crippen molar-refractivity contribution in [3.63, 3.8) is 0 Å². The Labute approximate surface area is 294 Å². The lowest BCUT2D eigenvalue weighted by atomic mass is 9.78. The van der Waals surface area contributed by atoms with Crippen LogP contribution in [-0.4, -0.2) is 73.0 Å². The van der Waals surface area contributed by atoms with Crippen molar-refractivity contribution < 1.29 is 38.7 Å². The van der Waals surface area contributed by atoms with Gasteiger partial charge in [-0.05, 0) is 38.5 Å². The number of aliphatic hydroxyl groups excluding tert-OH is 2. The second-order valence-electron chi connectivity index (χ2n) is 15.2. The summed E-state index contributed by atoms with van der Waals surface area (Å²) in [6.07, 6.45) is 19.2. The summed E-state index contributed by atoms with van der Waals surface area (Å²) < 4.78 is 25.7. The first-order valence-electron chi connectivity index (χ1n) is 19.3. The fraction of sp³-hybridized carbons (Fsp3) is 0.950. The number of aliphatic hydroxyl groups is 2. The molecule has 4 aliphatic rings. The fourth-order valence-electron chi connectivity index (χ4n) is 7.02. The summed E-state index contributed by atoms with van der Waals surface area (Å²) in [5.41, 5.74) is 0.221. The molecule has 0 atom stereocenters. The van der Waals surface area contributed by atoms with E-state index < -0.39 is 11.6 Å². The molecule has 2 aliphatic carbocycles. The van der Waals surface area contributed by atoms with Gasteiger partial charge in [-0.3, -0.25) is 9.59 Å². The molecule has 0 aromatic carbocycles. The number of Topliss-reactive ketones (excluding diaryl/α,β-unsaturated/α-hetero) is 2. The molecule has 8 heteroatoms. The number of carbonyl (C=O) groups excluding carboxylic acids is 2. The van der Waals surface area contributed by atoms with Crippen molar-refractivity contribution in [3.05, 3.63) is 0 Å². The van der Waals surface area contributed by atoms with Crippen LogP contribution in [0.15, 0.2) is 0 Å². The normalized spacial score (nSPS) is 30.6. The predicted octanol–water partition coefficient (Wildman–Crippen LogP) is 9.11. The Balaban J connectivity index is 0.000000473. The van der Waals surface area contributed by atoms with E-state index in [-0.39, 0.29) is 48.5 Å². The number of ether oxygens (including phenoxy) is 4. The first kappa shape index (κ1) is 45.1. The first-order valence-corrected chi connectivity index (χ1v) is 19.3. The van der Waals surface area contributed by atoms with E-state index in [1.54, 1.807) is 0 Å². The van der Waals surface area contributed by atoms with E-state index in [1.165, 1.54) is 38.5 Å². The largest absolute Gasteiger partial charge is 0.396 e. The fourth-order valence-corrected chi connectivity index (χ4v) is 7.02. The van der Waals surface area contributed by atoms with Crippen LogP contribution < -0.4 is 0 Å². The number of ketones is 2. The van der Waals surface area contributed by atoms with Gasteiger partial charge in [-0.2, -0.15) is 0 Å². The highest BCUT2D eigenvalue weighted by molar-refractivity contribution is 5.92. The van der Waals surface area contributed by atoms with Crippen molar-refractivity contribution in [3.8, 4) is 0 Å². The van der Waals surface area contributed by atoms with Crippen LogP contribution in [0.25, 0.3) is 0 Å². The lowest BCUT2D eigenvalue weighted by Gasteiger charge is -2.53. The molecular weight excluding hydrogens is 608 g/mol. The van der Waals surface area contributed by atoms with E-state index in [1.807, 2.05) is 6.92 Å². The highest BCUT2D eigenvalue weighted by atomic mass is 16.7. The maximum absolute atomic E-state index is 10.5. The summed E-state index contributed by atoms with van der Waals surface area (Å²) in [4.78, 5) is 20.9. The number of unbranched alkanes of at least 4 members (excludes halogenated alkanes) is 3. The van der Waals surface area contributed by atoms with Crippen molar-refractivity contribution in [2.45, 2.75) is 189 Å². The predicted molar refractivity (Wildman–Crippen MR) is 194 cm³/mol. The maximum Gasteiger partial charge on any atom is 0.168 e. The standard InChI is InChI=1S/C24H44O4.C9H20O2.C6H8O2.CH4/c1-5-9-11-21(7-3)17-25-23(26-18-21)13-15-24(16-14-23)27-19-22(8-4,20-28-24)12-10-6-2;1-3-5-6-9(4-2,7-10)8-11;7-5-1-2-6(8)4-3-5;/h5-20H2,1-4H3;10-11H,3-8H2,1-2H3;1-4H2;1H4. The minimum Gasteiger partial charge on any atom is -0.396 e. The summed E-state index contributed by atoms with van der Waals surface area (Å²) >= 11 is 0. The number of hydrogen-bond acceptors (Lipinski definition) is 8. The maximum atomic E-state index is 10.5. The molecule has 48 heavy (non-hydrogen) atoms. The van der Waals surface area contributed by atoms with Crippen molar-refractivity contribution in [2.24, 2.45) is 16.2 Å². The van der Waals surface area contributed by atoms with Gasteiger partial charge < -0.3 is 29.2 Å². The van der Waals surface area contributed by atoms with E-state index >= 15 is 0 Å². The third-order valence-corrected chi connectivity index (χ3v) is 11.8. The number of rotatable bonds is 14. The van der Waals surface area contributed by atoms with Crippen LogP contribution in [0.5, 0.6) is 0 Å². The van der Waals surface area contributed by atoms with Gasteiger partial charge in [-0.25, -0.2) is 0 Å². The van der Waals surface area contributed by atoms with Crippen molar-refractivity contribution in [1.82, 2.24) is 0 Å². The van der Waals surface area contributed by atoms with Crippen LogP contribution in [0, 0.1) is 16.2 Å². The quantitative estimate of drug-likeness (QED) is 0.186. The summed E-state index contributed by atoms with van der Waals surface area (Å²) in [6, 6.07) is 0. The minimum atomic E-state index is -0.398. The van der Waals surface area contributed by atoms with Crippen LogP contribution >= 0.6 is 0 Å². The Hall–Kier alpha value is -0.900. The lowest BCUT2D eigenvalue weighted by molar-refractivity contribution is -0.368. The Morgan fingerprint density at radius 2 is 0.917 bits per heavy atom. The zero-order valence-corrected chi connectivity index (χ0v) is 31.2. The summed E-state index contributed by atoms with van der Waals surface area (Å²) in [7, 11) is 0. The van der Waals surface area contributed by atoms with E-state index in [0.717, 1.165) is 90.6 Å². The van der Waals surface area contributed by atoms with Crippen LogP contribution in [0.2, 0.25) is 0 Å². The van der Waals surface area contributed by atoms with Gasteiger partial charge in [-0.1, -0.05) is 87.5 Å². The second kappa shape index (κ2) is 22.1. The smallest absolute Gasteiger partial charge is 0.168 e. The van der Waals surface area contributed by atoms with E-state index in [0.29, 0.717) is 25.7 Å². The van der Waals surface area contributed by atoms with E-state index in [9.17, 15) is 9.59 Å². The Bertz CT molecular complexity index is 789. The number of hydrogen-bond donors (Lipinski definition) is 2. The van der Waals surface area contributed by atoms with Crippen LogP contribution in [0.1, 0.15) is 177 Å². The van der Waals surface area contributed by atoms with Gasteiger partial charge in [0.25, 0.3) is 0 Å². The van der Waals surface area contributed by atoms with E-state index in [2.05, 4.69) is 34.6 Å². The van der Waals surface area contributed by atoms with Gasteiger partial charge in [0.05, 0.1) is 39.6 Å². The van der Waals surface area contributed by atoms with Gasteiger partial charge in [0.2, 0.25) is 0 Å². The summed E-state index contributed by atoms with van der Waals surface area (Å²) in [5, 5.41) is 18.1. The van der Waals surface area contributed by atoms with Crippen molar-refractivity contribution in [1.29, 1.82) is 0 Å². The molecule has 2 saturated carbocycles. The topological polar surface area (TPSA) is 112 Å². The molecule has 0 bridgehead atoms. The molecule has 4 fully saturated rings. The molecule has 2 spiro atoms. The van der Waals surface area contributed by atoms with Gasteiger partial charge >= 0.3 is 0 Å². The van der Waals surface area contributed by atoms with Gasteiger partial charge in [0.15, 0.2) is 11.6 Å². The van der Waals surface area contributed by atoms with Crippen LogP contribution in [-0.2, 0) is 28.5 Å². The van der Waals surface area contributed by atoms with E-state index in [4.69, 9.17) is 29.2 Å². The zero-order chi connectivity index (χ0) is 34.9. The SMILES string of the molecule is C.CCCCC(CC)(CO)CO.CCCCC1(CC)COC2(CCC3(CC2)OCC(CC)(CCCC)CO3)OC1.O=C1CCC(=O)CC1. The average molecular weight is 685 g/mol. The molecule has 2 heterocycles. The van der Waals surface area contributed by atoms with Gasteiger partial charge in [-0.15, -0.1) is 0 Å². The first-order chi connectivity index (χ1) is 22.5. The average Bonchev–Trinajstić information content (AvgIpc) is 3.12. The molecule has 4 rings (SSSR count). The summed E-state index contributed by atoms with van der Waals surface area (Å²) in [5.74, 6) is -0.316. The Morgan fingerprint density at radius 1 is 0.583 bits per heavy atom. The Kier molecular flexibility index (Phi) is 20.8. The summed E-state index contributed by atoms with van der Waals surface area (Å²) in [6.45, 7) is 16.8.